The van der Waals surface area contributed by atoms with Gasteiger partial charge in [0, 0.05) is 13.0 Å². The first-order valence-corrected chi connectivity index (χ1v) is 10.3. The highest BCUT2D eigenvalue weighted by molar-refractivity contribution is 7.17. The molecule has 0 aliphatic rings. The van der Waals surface area contributed by atoms with Crippen molar-refractivity contribution < 1.29 is 4.79 Å². The summed E-state index contributed by atoms with van der Waals surface area (Å²) in [5.74, 6) is 0.585. The monoisotopic (exact) mass is 394 g/mol. The van der Waals surface area contributed by atoms with E-state index in [1.54, 1.807) is 11.3 Å². The van der Waals surface area contributed by atoms with E-state index in [-0.39, 0.29) is 18.0 Å². The summed E-state index contributed by atoms with van der Waals surface area (Å²) in [6.07, 6.45) is 2.44. The van der Waals surface area contributed by atoms with Gasteiger partial charge >= 0.3 is 0 Å². The molecule has 4 aromatic rings. The van der Waals surface area contributed by atoms with Crippen molar-refractivity contribution in [3.05, 3.63) is 69.6 Å². The first kappa shape index (κ1) is 18.4. The highest BCUT2D eigenvalue weighted by Crippen LogP contribution is 2.24. The maximum atomic E-state index is 12.8. The number of thiophene rings is 1. The van der Waals surface area contributed by atoms with Crippen molar-refractivity contribution in [1.29, 1.82) is 0 Å². The maximum absolute atomic E-state index is 12.8. The van der Waals surface area contributed by atoms with Crippen LogP contribution in [0.1, 0.15) is 24.7 Å². The van der Waals surface area contributed by atoms with Gasteiger partial charge in [0.25, 0.3) is 5.56 Å². The van der Waals surface area contributed by atoms with E-state index >= 15 is 0 Å². The predicted octanol–water partition coefficient (Wildman–Crippen LogP) is 3.02. The molecule has 7 heteroatoms. The second-order valence-corrected chi connectivity index (χ2v) is 7.65. The number of aromatic nitrogens is 3. The van der Waals surface area contributed by atoms with Crippen molar-refractivity contribution in [1.82, 2.24) is 19.5 Å². The summed E-state index contributed by atoms with van der Waals surface area (Å²) in [6, 6.07) is 14.1. The molecule has 0 bridgehead atoms. The lowest BCUT2D eigenvalue weighted by Crippen LogP contribution is -2.35. The molecule has 1 aromatic carbocycles. The molecule has 0 atom stereocenters. The molecule has 3 heterocycles. The maximum Gasteiger partial charge on any atom is 0.291 e. The molecular formula is C21H22N4O2S. The van der Waals surface area contributed by atoms with E-state index in [9.17, 15) is 9.59 Å². The third kappa shape index (κ3) is 3.57. The zero-order valence-electron chi connectivity index (χ0n) is 15.7. The number of benzene rings is 1. The predicted molar refractivity (Wildman–Crippen MR) is 112 cm³/mol. The Balaban J connectivity index is 1.46. The molecule has 6 nitrogen and oxygen atoms in total. The van der Waals surface area contributed by atoms with E-state index in [2.05, 4.69) is 22.5 Å². The molecule has 144 valence electrons. The van der Waals surface area contributed by atoms with Crippen LogP contribution < -0.4 is 10.9 Å². The number of fused-ring (bicyclic) bond motifs is 3. The zero-order valence-corrected chi connectivity index (χ0v) is 16.5. The Labute approximate surface area is 166 Å². The van der Waals surface area contributed by atoms with Crippen LogP contribution in [-0.2, 0) is 24.2 Å². The van der Waals surface area contributed by atoms with E-state index in [0.29, 0.717) is 18.5 Å². The summed E-state index contributed by atoms with van der Waals surface area (Å²) >= 11 is 1.60. The topological polar surface area (TPSA) is 68.4 Å². The highest BCUT2D eigenvalue weighted by Gasteiger charge is 2.15. The normalized spacial score (nSPS) is 11.3. The molecule has 28 heavy (non-hydrogen) atoms. The lowest BCUT2D eigenvalue weighted by molar-refractivity contribution is -0.121. The SMILES string of the molecule is CCc1nn(CC(=O)NCCCc2ccccc2)c(=O)c2cc3sccc3n12. The lowest BCUT2D eigenvalue weighted by atomic mass is 10.1. The van der Waals surface area contributed by atoms with Gasteiger partial charge in [-0.25, -0.2) is 4.68 Å². The molecule has 3 aromatic heterocycles. The fraction of sp³-hybridized carbons (Fsp3) is 0.286. The number of aryl methyl sites for hydroxylation is 2. The van der Waals surface area contributed by atoms with E-state index in [1.165, 1.54) is 10.2 Å². The standard InChI is InChI=1S/C21H22N4O2S/c1-2-19-23-24(21(27)17-13-18-16(25(17)19)10-12-28-18)14-20(26)22-11-6-9-15-7-4-3-5-8-15/h3-5,7-8,10,12-13H,2,6,9,11,14H2,1H3,(H,22,26). The largest absolute Gasteiger partial charge is 0.354 e. The fourth-order valence-corrected chi connectivity index (χ4v) is 4.22. The van der Waals surface area contributed by atoms with Crippen LogP contribution in [0.15, 0.2) is 52.6 Å². The Hall–Kier alpha value is -2.93. The van der Waals surface area contributed by atoms with Gasteiger partial charge in [-0.2, -0.15) is 5.10 Å². The van der Waals surface area contributed by atoms with Gasteiger partial charge in [-0.05, 0) is 35.9 Å². The van der Waals surface area contributed by atoms with Crippen LogP contribution in [-0.4, -0.2) is 26.6 Å². The second-order valence-electron chi connectivity index (χ2n) is 6.71. The fourth-order valence-electron chi connectivity index (χ4n) is 3.42. The van der Waals surface area contributed by atoms with E-state index in [1.807, 2.05) is 47.0 Å². The van der Waals surface area contributed by atoms with Crippen molar-refractivity contribution in [2.24, 2.45) is 0 Å². The Morgan fingerprint density at radius 2 is 2.00 bits per heavy atom. The van der Waals surface area contributed by atoms with Crippen molar-refractivity contribution in [2.75, 3.05) is 6.54 Å². The average Bonchev–Trinajstić information content (AvgIpc) is 3.30. The number of hydrogen-bond acceptors (Lipinski definition) is 4. The number of carbonyl (C=O) groups is 1. The molecule has 4 rings (SSSR count). The molecule has 0 spiro atoms. The molecule has 0 saturated carbocycles. The van der Waals surface area contributed by atoms with Crippen molar-refractivity contribution in [3.8, 4) is 0 Å². The van der Waals surface area contributed by atoms with Gasteiger partial charge in [-0.1, -0.05) is 37.3 Å². The molecule has 0 fully saturated rings. The van der Waals surface area contributed by atoms with Crippen molar-refractivity contribution in [2.45, 2.75) is 32.7 Å². The van der Waals surface area contributed by atoms with Gasteiger partial charge in [0.1, 0.15) is 17.9 Å². The molecule has 1 N–H and O–H groups in total. The first-order chi connectivity index (χ1) is 13.7. The van der Waals surface area contributed by atoms with E-state index < -0.39 is 0 Å². The van der Waals surface area contributed by atoms with Crippen molar-refractivity contribution >= 4 is 33.0 Å². The first-order valence-electron chi connectivity index (χ1n) is 9.46. The number of hydrogen-bond donors (Lipinski definition) is 1. The summed E-state index contributed by atoms with van der Waals surface area (Å²) in [6.45, 7) is 2.51. The average molecular weight is 395 g/mol. The summed E-state index contributed by atoms with van der Waals surface area (Å²) in [5.41, 5.74) is 2.59. The summed E-state index contributed by atoms with van der Waals surface area (Å²) in [4.78, 5) is 25.1. The molecular weight excluding hydrogens is 372 g/mol. The van der Waals surface area contributed by atoms with Gasteiger partial charge in [-0.3, -0.25) is 14.0 Å². The van der Waals surface area contributed by atoms with Crippen LogP contribution in [0, 0.1) is 0 Å². The Bertz CT molecular complexity index is 1170. The Morgan fingerprint density at radius 1 is 1.18 bits per heavy atom. The van der Waals surface area contributed by atoms with Gasteiger partial charge in [-0.15, -0.1) is 11.3 Å². The van der Waals surface area contributed by atoms with Crippen LogP contribution in [0.25, 0.3) is 15.7 Å². The number of carbonyl (C=O) groups excluding carboxylic acids is 1. The van der Waals surface area contributed by atoms with Crippen LogP contribution >= 0.6 is 11.3 Å². The van der Waals surface area contributed by atoms with E-state index in [0.717, 1.165) is 28.9 Å². The number of nitrogens with zero attached hydrogens (tertiary/aromatic N) is 3. The smallest absolute Gasteiger partial charge is 0.291 e. The van der Waals surface area contributed by atoms with Crippen LogP contribution in [0.5, 0.6) is 0 Å². The zero-order chi connectivity index (χ0) is 19.5. The van der Waals surface area contributed by atoms with Crippen LogP contribution in [0.2, 0.25) is 0 Å². The van der Waals surface area contributed by atoms with Gasteiger partial charge in [0.15, 0.2) is 0 Å². The lowest BCUT2D eigenvalue weighted by Gasteiger charge is -2.10. The number of amides is 1. The molecule has 0 unspecified atom stereocenters. The molecule has 0 saturated heterocycles. The van der Waals surface area contributed by atoms with Crippen LogP contribution in [0.3, 0.4) is 0 Å². The summed E-state index contributed by atoms with van der Waals surface area (Å²) in [5, 5.41) is 9.34. The summed E-state index contributed by atoms with van der Waals surface area (Å²) in [7, 11) is 0. The van der Waals surface area contributed by atoms with E-state index in [4.69, 9.17) is 0 Å². The minimum atomic E-state index is -0.236. The van der Waals surface area contributed by atoms with Gasteiger partial charge in [0.2, 0.25) is 5.91 Å². The van der Waals surface area contributed by atoms with Gasteiger partial charge in [0.05, 0.1) is 10.2 Å². The van der Waals surface area contributed by atoms with Crippen LogP contribution in [0.4, 0.5) is 0 Å². The number of rotatable bonds is 7. The molecule has 0 aliphatic heterocycles. The number of nitrogens with one attached hydrogen (secondary N) is 1. The van der Waals surface area contributed by atoms with Crippen molar-refractivity contribution in [3.63, 3.8) is 0 Å². The highest BCUT2D eigenvalue weighted by atomic mass is 32.1. The Kier molecular flexibility index (Phi) is 5.25. The molecule has 0 radical (unpaired) electrons. The quantitative estimate of drug-likeness (QED) is 0.490. The second kappa shape index (κ2) is 7.98. The minimum absolute atomic E-state index is 0.0630. The minimum Gasteiger partial charge on any atom is -0.354 e. The summed E-state index contributed by atoms with van der Waals surface area (Å²) < 4.78 is 4.24. The van der Waals surface area contributed by atoms with Gasteiger partial charge < -0.3 is 5.32 Å². The molecule has 1 amide bonds. The molecule has 0 aliphatic carbocycles. The Morgan fingerprint density at radius 3 is 2.79 bits per heavy atom. The third-order valence-corrected chi connectivity index (χ3v) is 5.64. The third-order valence-electron chi connectivity index (χ3n) is 4.79.